The van der Waals surface area contributed by atoms with Crippen LogP contribution in [-0.4, -0.2) is 41.2 Å². The number of aliphatic hydroxyl groups is 1. The van der Waals surface area contributed by atoms with E-state index < -0.39 is 6.10 Å². The number of thioether (sulfide) groups is 1. The molecule has 0 spiro atoms. The molecular weight excluding hydrogens is 370 g/mol. The summed E-state index contributed by atoms with van der Waals surface area (Å²) in [4.78, 5) is 24.1. The summed E-state index contributed by atoms with van der Waals surface area (Å²) in [5, 5.41) is 19.1. The number of ketones is 1. The van der Waals surface area contributed by atoms with Gasteiger partial charge < -0.3 is 25.0 Å². The Bertz CT molecular complexity index is 821. The minimum absolute atomic E-state index is 0.0926. The van der Waals surface area contributed by atoms with E-state index in [0.717, 1.165) is 0 Å². The van der Waals surface area contributed by atoms with E-state index in [-0.39, 0.29) is 24.3 Å². The van der Waals surface area contributed by atoms with Crippen LogP contribution in [-0.2, 0) is 4.74 Å². The van der Waals surface area contributed by atoms with Crippen LogP contribution in [0, 0.1) is 0 Å². The minimum Gasteiger partial charge on any atom is -0.383 e. The largest absolute Gasteiger partial charge is 0.383 e. The van der Waals surface area contributed by atoms with Crippen molar-refractivity contribution in [3.8, 4) is 0 Å². The lowest BCUT2D eigenvalue weighted by Crippen LogP contribution is -2.30. The number of carbonyl (C=O) groups excluding carboxylic acids is 2. The first-order valence-electron chi connectivity index (χ1n) is 8.34. The molecule has 0 saturated heterocycles. The number of ether oxygens (including phenoxy) is 1. The van der Waals surface area contributed by atoms with Crippen LogP contribution in [0.25, 0.3) is 0 Å². The van der Waals surface area contributed by atoms with Crippen LogP contribution in [0.5, 0.6) is 0 Å². The molecular formula is C18H19N3O5S. The second-order valence-electron chi connectivity index (χ2n) is 5.68. The predicted molar refractivity (Wildman–Crippen MR) is 100 cm³/mol. The van der Waals surface area contributed by atoms with E-state index in [0.29, 0.717) is 34.9 Å². The summed E-state index contributed by atoms with van der Waals surface area (Å²) >= 11 is 1.38. The summed E-state index contributed by atoms with van der Waals surface area (Å²) < 4.78 is 10.2. The molecule has 8 nitrogen and oxygen atoms in total. The van der Waals surface area contributed by atoms with Gasteiger partial charge in [0.25, 0.3) is 0 Å². The van der Waals surface area contributed by atoms with Gasteiger partial charge in [0, 0.05) is 23.3 Å². The lowest BCUT2D eigenvalue weighted by atomic mass is 10.0. The molecule has 1 aliphatic carbocycles. The zero-order valence-corrected chi connectivity index (χ0v) is 15.2. The SMILES string of the molecule is O=C(NCOCCCSC1=CC(=O)c2oncc2C1O)Nc1ccccc1. The van der Waals surface area contributed by atoms with Crippen molar-refractivity contribution in [2.24, 2.45) is 0 Å². The normalized spacial score (nSPS) is 15.8. The van der Waals surface area contributed by atoms with Crippen LogP contribution < -0.4 is 10.6 Å². The topological polar surface area (TPSA) is 114 Å². The summed E-state index contributed by atoms with van der Waals surface area (Å²) in [7, 11) is 0. The molecule has 2 aromatic rings. The smallest absolute Gasteiger partial charge is 0.321 e. The maximum Gasteiger partial charge on any atom is 0.321 e. The first-order valence-corrected chi connectivity index (χ1v) is 9.32. The molecule has 1 aromatic carbocycles. The zero-order chi connectivity index (χ0) is 19.1. The fourth-order valence-electron chi connectivity index (χ4n) is 2.41. The third kappa shape index (κ3) is 5.19. The van der Waals surface area contributed by atoms with Crippen molar-refractivity contribution in [3.63, 3.8) is 0 Å². The molecule has 0 radical (unpaired) electrons. The standard InChI is InChI=1S/C18H19N3O5S/c22-14-9-15(16(23)13-10-20-26-17(13)14)27-8-4-7-25-11-19-18(24)21-12-5-2-1-3-6-12/h1-3,5-6,9-10,16,23H,4,7-8,11H2,(H2,19,21,24). The number of fused-ring (bicyclic) bond motifs is 1. The molecule has 3 N–H and O–H groups in total. The van der Waals surface area contributed by atoms with Crippen LogP contribution in [0.2, 0.25) is 0 Å². The van der Waals surface area contributed by atoms with Crippen molar-refractivity contribution < 1.29 is 24.0 Å². The Hall–Kier alpha value is -2.62. The first-order chi connectivity index (χ1) is 13.1. The van der Waals surface area contributed by atoms with E-state index >= 15 is 0 Å². The molecule has 3 rings (SSSR count). The van der Waals surface area contributed by atoms with E-state index in [1.54, 1.807) is 12.1 Å². The van der Waals surface area contributed by atoms with Crippen molar-refractivity contribution in [1.29, 1.82) is 0 Å². The Labute approximate surface area is 159 Å². The van der Waals surface area contributed by atoms with Crippen LogP contribution >= 0.6 is 11.8 Å². The Balaban J connectivity index is 1.29. The highest BCUT2D eigenvalue weighted by atomic mass is 32.2. The van der Waals surface area contributed by atoms with Crippen molar-refractivity contribution in [2.45, 2.75) is 12.5 Å². The maximum atomic E-state index is 11.9. The number of para-hydroxylation sites is 1. The van der Waals surface area contributed by atoms with Gasteiger partial charge in [0.2, 0.25) is 11.5 Å². The van der Waals surface area contributed by atoms with Gasteiger partial charge in [-0.1, -0.05) is 23.4 Å². The van der Waals surface area contributed by atoms with Crippen LogP contribution in [0.3, 0.4) is 0 Å². The van der Waals surface area contributed by atoms with E-state index in [2.05, 4.69) is 15.8 Å². The number of urea groups is 1. The number of benzene rings is 1. The van der Waals surface area contributed by atoms with Gasteiger partial charge in [-0.05, 0) is 24.3 Å². The van der Waals surface area contributed by atoms with E-state index in [1.165, 1.54) is 24.0 Å². The quantitative estimate of drug-likeness (QED) is 0.470. The van der Waals surface area contributed by atoms with Crippen molar-refractivity contribution in [3.05, 3.63) is 58.8 Å². The Kier molecular flexibility index (Phi) is 6.64. The molecule has 9 heteroatoms. The summed E-state index contributed by atoms with van der Waals surface area (Å²) in [6.07, 6.45) is 2.54. The second kappa shape index (κ2) is 9.36. The van der Waals surface area contributed by atoms with Gasteiger partial charge in [0.1, 0.15) is 12.8 Å². The Morgan fingerprint density at radius 3 is 2.96 bits per heavy atom. The van der Waals surface area contributed by atoms with E-state index in [9.17, 15) is 14.7 Å². The fraction of sp³-hybridized carbons (Fsp3) is 0.278. The Morgan fingerprint density at radius 2 is 2.15 bits per heavy atom. The molecule has 1 atom stereocenters. The third-order valence-electron chi connectivity index (χ3n) is 3.73. The van der Waals surface area contributed by atoms with E-state index in [4.69, 9.17) is 9.26 Å². The minimum atomic E-state index is -0.891. The monoisotopic (exact) mass is 389 g/mol. The number of amides is 2. The van der Waals surface area contributed by atoms with Gasteiger partial charge in [0.05, 0.1) is 11.8 Å². The number of hydrogen-bond acceptors (Lipinski definition) is 7. The summed E-state index contributed by atoms with van der Waals surface area (Å²) in [6, 6.07) is 8.78. The van der Waals surface area contributed by atoms with Gasteiger partial charge in [-0.25, -0.2) is 4.79 Å². The summed E-state index contributed by atoms with van der Waals surface area (Å²) in [5.74, 6) is 0.461. The number of nitrogens with one attached hydrogen (secondary N) is 2. The molecule has 2 amide bonds. The molecule has 0 aliphatic heterocycles. The number of aliphatic hydroxyl groups excluding tert-OH is 1. The van der Waals surface area contributed by atoms with Crippen molar-refractivity contribution in [2.75, 3.05) is 24.4 Å². The average molecular weight is 389 g/mol. The van der Waals surface area contributed by atoms with Crippen LogP contribution in [0.1, 0.15) is 28.6 Å². The molecule has 1 aromatic heterocycles. The first kappa shape index (κ1) is 19.2. The van der Waals surface area contributed by atoms with Crippen molar-refractivity contribution in [1.82, 2.24) is 10.5 Å². The van der Waals surface area contributed by atoms with Crippen LogP contribution in [0.4, 0.5) is 10.5 Å². The number of nitrogens with zero attached hydrogens (tertiary/aromatic N) is 1. The van der Waals surface area contributed by atoms with Gasteiger partial charge in [-0.2, -0.15) is 0 Å². The Morgan fingerprint density at radius 1 is 1.33 bits per heavy atom. The number of hydrogen-bond donors (Lipinski definition) is 3. The molecule has 1 unspecified atom stereocenters. The van der Waals surface area contributed by atoms with Gasteiger partial charge >= 0.3 is 6.03 Å². The highest BCUT2D eigenvalue weighted by molar-refractivity contribution is 8.03. The van der Waals surface area contributed by atoms with E-state index in [1.807, 2.05) is 18.2 Å². The number of allylic oxidation sites excluding steroid dienone is 1. The molecule has 0 bridgehead atoms. The predicted octanol–water partition coefficient (Wildman–Crippen LogP) is 2.71. The lowest BCUT2D eigenvalue weighted by molar-refractivity contribution is 0.0991. The molecule has 1 heterocycles. The van der Waals surface area contributed by atoms with Gasteiger partial charge in [-0.3, -0.25) is 4.79 Å². The molecule has 27 heavy (non-hydrogen) atoms. The summed E-state index contributed by atoms with van der Waals surface area (Å²) in [6.45, 7) is 0.533. The summed E-state index contributed by atoms with van der Waals surface area (Å²) in [5.41, 5.74) is 1.10. The fourth-order valence-corrected chi connectivity index (χ4v) is 3.39. The highest BCUT2D eigenvalue weighted by Crippen LogP contribution is 2.36. The maximum absolute atomic E-state index is 11.9. The number of aromatic nitrogens is 1. The number of anilines is 1. The third-order valence-corrected chi connectivity index (χ3v) is 4.89. The van der Waals surface area contributed by atoms with Crippen LogP contribution in [0.15, 0.2) is 52.0 Å². The van der Waals surface area contributed by atoms with Gasteiger partial charge in [-0.15, -0.1) is 11.8 Å². The molecule has 0 saturated carbocycles. The second-order valence-corrected chi connectivity index (χ2v) is 6.84. The molecule has 1 aliphatic rings. The molecule has 142 valence electrons. The lowest BCUT2D eigenvalue weighted by Gasteiger charge is -2.17. The zero-order valence-electron chi connectivity index (χ0n) is 14.4. The number of carbonyl (C=O) groups is 2. The van der Waals surface area contributed by atoms with Crippen molar-refractivity contribution >= 4 is 29.3 Å². The molecule has 0 fully saturated rings. The average Bonchev–Trinajstić information content (AvgIpc) is 3.16. The highest BCUT2D eigenvalue weighted by Gasteiger charge is 2.29. The van der Waals surface area contributed by atoms with Gasteiger partial charge in [0.15, 0.2) is 0 Å². The number of rotatable bonds is 8.